The Labute approximate surface area is 344 Å². The van der Waals surface area contributed by atoms with E-state index in [0.29, 0.717) is 0 Å². The third-order valence-corrected chi connectivity index (χ3v) is 11.3. The topological polar surface area (TPSA) is 24.9 Å². The Morgan fingerprint density at radius 1 is 0.305 bits per heavy atom. The minimum absolute atomic E-state index is 0.192. The molecule has 278 valence electrons. The van der Waals surface area contributed by atoms with Crippen molar-refractivity contribution in [2.45, 2.75) is 0 Å². The summed E-state index contributed by atoms with van der Waals surface area (Å²) in [7, 11) is 0. The molecule has 11 rings (SSSR count). The predicted molar refractivity (Wildman–Crippen MR) is 244 cm³/mol. The van der Waals surface area contributed by atoms with Gasteiger partial charge in [0.25, 0.3) is 6.71 Å². The molecule has 0 spiro atoms. The van der Waals surface area contributed by atoms with Crippen molar-refractivity contribution in [1.82, 2.24) is 0 Å². The minimum atomic E-state index is -0.192. The molecule has 4 nitrogen and oxygen atoms in total. The quantitative estimate of drug-likeness (QED) is 0.144. The summed E-state index contributed by atoms with van der Waals surface area (Å²) < 4.78 is 14.7. The second-order valence-corrected chi connectivity index (χ2v) is 14.9. The van der Waals surface area contributed by atoms with Crippen molar-refractivity contribution in [1.29, 1.82) is 0 Å². The van der Waals surface area contributed by atoms with Crippen LogP contribution in [0.1, 0.15) is 0 Å². The van der Waals surface area contributed by atoms with E-state index in [1.54, 1.807) is 0 Å². The fourth-order valence-electron chi connectivity index (χ4n) is 8.65. The lowest BCUT2D eigenvalue weighted by molar-refractivity contribution is 0.466. The van der Waals surface area contributed by atoms with E-state index in [1.165, 1.54) is 0 Å². The van der Waals surface area contributed by atoms with Crippen molar-refractivity contribution in [3.05, 3.63) is 224 Å². The van der Waals surface area contributed by atoms with Gasteiger partial charge in [0.2, 0.25) is 0 Å². The summed E-state index contributed by atoms with van der Waals surface area (Å²) in [4.78, 5) is 4.62. The van der Waals surface area contributed by atoms with Gasteiger partial charge in [-0.05, 0) is 99.9 Å². The zero-order valence-electron chi connectivity index (χ0n) is 32.2. The SMILES string of the molecule is c1ccc(-c2ccc3c(c2)Oc2c(N(c4ccccc4)c4ccccc4)cc(N(c4ccccc4)c4ccccc4)c4c2B3c2ccc(-c3ccccc3)cc2O4)cc1. The number of fused-ring (bicyclic) bond motifs is 4. The largest absolute Gasteiger partial charge is 0.456 e. The van der Waals surface area contributed by atoms with E-state index in [1.807, 2.05) is 0 Å². The Hall–Kier alpha value is -7.76. The van der Waals surface area contributed by atoms with Gasteiger partial charge >= 0.3 is 0 Å². The van der Waals surface area contributed by atoms with Gasteiger partial charge in [0.15, 0.2) is 11.5 Å². The second-order valence-electron chi connectivity index (χ2n) is 14.9. The summed E-state index contributed by atoms with van der Waals surface area (Å²) >= 11 is 0. The Balaban J connectivity index is 1.24. The molecule has 2 heterocycles. The second kappa shape index (κ2) is 14.6. The van der Waals surface area contributed by atoms with Crippen LogP contribution in [0.5, 0.6) is 23.0 Å². The highest BCUT2D eigenvalue weighted by molar-refractivity contribution is 6.98. The monoisotopic (exact) mass is 756 g/mol. The smallest absolute Gasteiger partial charge is 0.260 e. The maximum atomic E-state index is 7.36. The zero-order chi connectivity index (χ0) is 39.1. The van der Waals surface area contributed by atoms with Gasteiger partial charge < -0.3 is 19.3 Å². The van der Waals surface area contributed by atoms with E-state index in [-0.39, 0.29) is 6.71 Å². The first-order chi connectivity index (χ1) is 29.3. The molecule has 0 atom stereocenters. The van der Waals surface area contributed by atoms with Crippen LogP contribution in [0.15, 0.2) is 224 Å². The van der Waals surface area contributed by atoms with Crippen molar-refractivity contribution in [3.63, 3.8) is 0 Å². The van der Waals surface area contributed by atoms with E-state index in [9.17, 15) is 0 Å². The average molecular weight is 757 g/mol. The number of hydrogen-bond donors (Lipinski definition) is 0. The highest BCUT2D eigenvalue weighted by Gasteiger charge is 2.44. The molecule has 9 aromatic carbocycles. The van der Waals surface area contributed by atoms with Crippen LogP contribution in [0, 0.1) is 0 Å². The van der Waals surface area contributed by atoms with E-state index < -0.39 is 0 Å². The summed E-state index contributed by atoms with van der Waals surface area (Å²) in [6.45, 7) is -0.192. The van der Waals surface area contributed by atoms with Crippen LogP contribution in [0.25, 0.3) is 22.3 Å². The molecule has 0 N–H and O–H groups in total. The van der Waals surface area contributed by atoms with E-state index in [0.717, 1.165) is 95.8 Å². The van der Waals surface area contributed by atoms with Gasteiger partial charge in [-0.15, -0.1) is 0 Å². The van der Waals surface area contributed by atoms with E-state index >= 15 is 0 Å². The molecule has 59 heavy (non-hydrogen) atoms. The number of rotatable bonds is 8. The number of anilines is 6. The van der Waals surface area contributed by atoms with Gasteiger partial charge in [-0.25, -0.2) is 0 Å². The molecule has 0 aliphatic carbocycles. The normalized spacial score (nSPS) is 12.0. The highest BCUT2D eigenvalue weighted by atomic mass is 16.5. The lowest BCUT2D eigenvalue weighted by Gasteiger charge is -2.39. The molecule has 2 aliphatic rings. The molecular weight excluding hydrogens is 719 g/mol. The standard InChI is InChI=1S/C54H37BN2O2/c1-7-19-38(20-8-1)40-31-33-46-50(35-40)58-53-48(56(42-23-11-3-12-24-42)43-25-13-4-14-26-43)37-49(57(44-27-15-5-16-28-44)45-29-17-6-18-30-45)54-52(53)55(46)47-34-32-41(36-51(47)59-54)39-21-9-2-10-22-39/h1-37H. The fourth-order valence-corrected chi connectivity index (χ4v) is 8.65. The van der Waals surface area contributed by atoms with Crippen molar-refractivity contribution in [2.24, 2.45) is 0 Å². The number of nitrogens with zero attached hydrogens (tertiary/aromatic N) is 2. The number of hydrogen-bond acceptors (Lipinski definition) is 4. The Morgan fingerprint density at radius 3 is 0.966 bits per heavy atom. The Kier molecular flexibility index (Phi) is 8.56. The maximum absolute atomic E-state index is 7.36. The lowest BCUT2D eigenvalue weighted by Crippen LogP contribution is -2.57. The maximum Gasteiger partial charge on any atom is 0.260 e. The average Bonchev–Trinajstić information content (AvgIpc) is 3.31. The third-order valence-electron chi connectivity index (χ3n) is 11.3. The number of benzene rings is 9. The van der Waals surface area contributed by atoms with Gasteiger partial charge in [-0.1, -0.05) is 158 Å². The number of ether oxygens (including phenoxy) is 2. The Bertz CT molecular complexity index is 2650. The summed E-state index contributed by atoms with van der Waals surface area (Å²) in [6, 6.07) is 78.8. The molecule has 0 fully saturated rings. The van der Waals surface area contributed by atoms with Crippen LogP contribution < -0.4 is 35.7 Å². The molecule has 2 aliphatic heterocycles. The zero-order valence-corrected chi connectivity index (χ0v) is 32.2. The van der Waals surface area contributed by atoms with E-state index in [2.05, 4.69) is 234 Å². The van der Waals surface area contributed by atoms with Crippen LogP contribution in [-0.2, 0) is 0 Å². The molecular formula is C54H37BN2O2. The summed E-state index contributed by atoms with van der Waals surface area (Å²) in [5, 5.41) is 0. The van der Waals surface area contributed by atoms with Crippen LogP contribution in [0.3, 0.4) is 0 Å². The molecule has 0 saturated heterocycles. The number of para-hydroxylation sites is 4. The lowest BCUT2D eigenvalue weighted by atomic mass is 9.34. The summed E-state index contributed by atoms with van der Waals surface area (Å²) in [5.41, 5.74) is 13.5. The first-order valence-corrected chi connectivity index (χ1v) is 20.0. The van der Waals surface area contributed by atoms with E-state index in [4.69, 9.17) is 9.47 Å². The van der Waals surface area contributed by atoms with Gasteiger partial charge in [0.05, 0.1) is 11.4 Å². The Morgan fingerprint density at radius 2 is 0.627 bits per heavy atom. The molecule has 0 amide bonds. The first-order valence-electron chi connectivity index (χ1n) is 20.0. The molecule has 0 bridgehead atoms. The molecule has 0 radical (unpaired) electrons. The summed E-state index contributed by atoms with van der Waals surface area (Å²) in [6.07, 6.45) is 0. The van der Waals surface area contributed by atoms with Gasteiger partial charge in [0.1, 0.15) is 11.5 Å². The molecule has 0 saturated carbocycles. The first kappa shape index (κ1) is 34.5. The molecule has 9 aromatic rings. The van der Waals surface area contributed by atoms with Gasteiger partial charge in [-0.2, -0.15) is 0 Å². The molecule has 0 aromatic heterocycles. The van der Waals surface area contributed by atoms with Crippen LogP contribution in [-0.4, -0.2) is 6.71 Å². The summed E-state index contributed by atoms with van der Waals surface area (Å²) in [5.74, 6) is 3.18. The molecule has 5 heteroatoms. The fraction of sp³-hybridized carbons (Fsp3) is 0. The van der Waals surface area contributed by atoms with Crippen molar-refractivity contribution in [3.8, 4) is 45.3 Å². The van der Waals surface area contributed by atoms with Crippen LogP contribution >= 0.6 is 0 Å². The van der Waals surface area contributed by atoms with Crippen molar-refractivity contribution >= 4 is 57.2 Å². The highest BCUT2D eigenvalue weighted by Crippen LogP contribution is 2.52. The van der Waals surface area contributed by atoms with Crippen molar-refractivity contribution < 1.29 is 9.47 Å². The predicted octanol–water partition coefficient (Wildman–Crippen LogP) is 12.7. The molecule has 0 unspecified atom stereocenters. The van der Waals surface area contributed by atoms with Crippen molar-refractivity contribution in [2.75, 3.05) is 9.80 Å². The van der Waals surface area contributed by atoms with Crippen LogP contribution in [0.2, 0.25) is 0 Å². The van der Waals surface area contributed by atoms with Gasteiger partial charge in [0, 0.05) is 28.2 Å². The van der Waals surface area contributed by atoms with Gasteiger partial charge in [-0.3, -0.25) is 0 Å². The minimum Gasteiger partial charge on any atom is -0.456 e. The third kappa shape index (κ3) is 6.12. The van der Waals surface area contributed by atoms with Crippen LogP contribution in [0.4, 0.5) is 34.1 Å².